The van der Waals surface area contributed by atoms with Gasteiger partial charge in [0.2, 0.25) is 0 Å². The molecule has 2 aromatic carbocycles. The fourth-order valence-corrected chi connectivity index (χ4v) is 1.60. The van der Waals surface area contributed by atoms with Crippen molar-refractivity contribution in [2.24, 2.45) is 0 Å². The molecule has 2 rings (SSSR count). The number of halogens is 2. The third kappa shape index (κ3) is 2.88. The first-order chi connectivity index (χ1) is 8.97. The molecule has 0 radical (unpaired) electrons. The number of benzene rings is 2. The van der Waals surface area contributed by atoms with Crippen molar-refractivity contribution >= 4 is 17.3 Å². The number of carboxylic acid groups (broad SMARTS) is 1. The van der Waals surface area contributed by atoms with Crippen LogP contribution in [0.3, 0.4) is 0 Å². The summed E-state index contributed by atoms with van der Waals surface area (Å²) in [4.78, 5) is 10.7. The molecule has 0 atom stereocenters. The Morgan fingerprint density at radius 1 is 1.11 bits per heavy atom. The topological polar surface area (TPSA) is 49.3 Å². The first-order valence-electron chi connectivity index (χ1n) is 5.53. The minimum Gasteiger partial charge on any atom is -0.478 e. The van der Waals surface area contributed by atoms with Gasteiger partial charge in [-0.2, -0.15) is 0 Å². The predicted octanol–water partition coefficient (Wildman–Crippen LogP) is 3.72. The van der Waals surface area contributed by atoms with Crippen molar-refractivity contribution in [3.8, 4) is 0 Å². The van der Waals surface area contributed by atoms with E-state index in [9.17, 15) is 13.6 Å². The lowest BCUT2D eigenvalue weighted by molar-refractivity contribution is 0.0696. The quantitative estimate of drug-likeness (QED) is 0.887. The fraction of sp³-hybridized carbons (Fsp3) is 0.0714. The molecule has 0 unspecified atom stereocenters. The highest BCUT2D eigenvalue weighted by atomic mass is 19.1. The van der Waals surface area contributed by atoms with Gasteiger partial charge in [0.05, 0.1) is 5.56 Å². The molecule has 0 heterocycles. The Kier molecular flexibility index (Phi) is 3.46. The Morgan fingerprint density at radius 3 is 2.11 bits per heavy atom. The Hall–Kier alpha value is -2.43. The van der Waals surface area contributed by atoms with Gasteiger partial charge in [-0.25, -0.2) is 13.6 Å². The van der Waals surface area contributed by atoms with Crippen LogP contribution in [0.4, 0.5) is 20.2 Å². The number of aromatic carboxylic acids is 1. The van der Waals surface area contributed by atoms with Gasteiger partial charge in [-0.3, -0.25) is 0 Å². The highest BCUT2D eigenvalue weighted by Gasteiger charge is 2.14. The first-order valence-corrected chi connectivity index (χ1v) is 5.53. The van der Waals surface area contributed by atoms with Crippen LogP contribution >= 0.6 is 0 Å². The largest absolute Gasteiger partial charge is 0.478 e. The standard InChI is InChI=1S/C14H11F2NO2/c1-8-2-4-10(5-3-8)17-13-11(15)6-9(14(18)19)7-12(13)16/h2-7,17H,1H3,(H,18,19). The summed E-state index contributed by atoms with van der Waals surface area (Å²) in [5, 5.41) is 11.3. The summed E-state index contributed by atoms with van der Waals surface area (Å²) < 4.78 is 27.3. The summed E-state index contributed by atoms with van der Waals surface area (Å²) in [5.74, 6) is -3.27. The molecule has 5 heteroatoms. The van der Waals surface area contributed by atoms with Gasteiger partial charge in [-0.1, -0.05) is 17.7 Å². The highest BCUT2D eigenvalue weighted by Crippen LogP contribution is 2.25. The van der Waals surface area contributed by atoms with E-state index in [2.05, 4.69) is 5.32 Å². The highest BCUT2D eigenvalue weighted by molar-refractivity contribution is 5.88. The smallest absolute Gasteiger partial charge is 0.335 e. The van der Waals surface area contributed by atoms with Crippen LogP contribution in [0.1, 0.15) is 15.9 Å². The molecular weight excluding hydrogens is 252 g/mol. The second kappa shape index (κ2) is 5.06. The lowest BCUT2D eigenvalue weighted by Crippen LogP contribution is -2.03. The number of rotatable bonds is 3. The van der Waals surface area contributed by atoms with Crippen LogP contribution in [-0.4, -0.2) is 11.1 Å². The van der Waals surface area contributed by atoms with Crippen molar-refractivity contribution in [1.29, 1.82) is 0 Å². The van der Waals surface area contributed by atoms with Crippen molar-refractivity contribution in [3.05, 3.63) is 59.2 Å². The number of hydrogen-bond donors (Lipinski definition) is 2. The Bertz CT molecular complexity index is 601. The van der Waals surface area contributed by atoms with Gasteiger partial charge in [0.25, 0.3) is 0 Å². The summed E-state index contributed by atoms with van der Waals surface area (Å²) in [6.07, 6.45) is 0. The van der Waals surface area contributed by atoms with Crippen LogP contribution in [-0.2, 0) is 0 Å². The molecule has 0 aromatic heterocycles. The minimum absolute atomic E-state index is 0.367. The van der Waals surface area contributed by atoms with E-state index in [-0.39, 0.29) is 5.69 Å². The van der Waals surface area contributed by atoms with Crippen molar-refractivity contribution < 1.29 is 18.7 Å². The molecule has 3 nitrogen and oxygen atoms in total. The van der Waals surface area contributed by atoms with E-state index in [1.807, 2.05) is 6.92 Å². The molecule has 0 amide bonds. The van der Waals surface area contributed by atoms with Gasteiger partial charge in [0.1, 0.15) is 5.69 Å². The molecule has 2 N–H and O–H groups in total. The number of nitrogens with one attached hydrogen (secondary N) is 1. The van der Waals surface area contributed by atoms with E-state index >= 15 is 0 Å². The van der Waals surface area contributed by atoms with E-state index in [4.69, 9.17) is 5.11 Å². The minimum atomic E-state index is -1.38. The molecule has 0 bridgehead atoms. The molecule has 19 heavy (non-hydrogen) atoms. The van der Waals surface area contributed by atoms with Crippen LogP contribution < -0.4 is 5.32 Å². The molecule has 0 aliphatic rings. The van der Waals surface area contributed by atoms with E-state index < -0.39 is 23.2 Å². The zero-order valence-electron chi connectivity index (χ0n) is 10.1. The number of aryl methyl sites for hydroxylation is 1. The second-order valence-corrected chi connectivity index (χ2v) is 4.11. The van der Waals surface area contributed by atoms with Gasteiger partial charge in [0, 0.05) is 5.69 Å². The first kappa shape index (κ1) is 13.0. The molecule has 0 fully saturated rings. The van der Waals surface area contributed by atoms with Crippen LogP contribution in [0.2, 0.25) is 0 Å². The van der Waals surface area contributed by atoms with Crippen molar-refractivity contribution in [2.75, 3.05) is 5.32 Å². The predicted molar refractivity (Wildman–Crippen MR) is 67.8 cm³/mol. The third-order valence-electron chi connectivity index (χ3n) is 2.61. The Labute approximate surface area is 108 Å². The SMILES string of the molecule is Cc1ccc(Nc2c(F)cc(C(=O)O)cc2F)cc1. The summed E-state index contributed by atoms with van der Waals surface area (Å²) >= 11 is 0. The number of carboxylic acids is 1. The van der Waals surface area contributed by atoms with Crippen LogP contribution in [0.15, 0.2) is 36.4 Å². The summed E-state index contributed by atoms with van der Waals surface area (Å²) in [7, 11) is 0. The summed E-state index contributed by atoms with van der Waals surface area (Å²) in [6, 6.07) is 8.51. The van der Waals surface area contributed by atoms with E-state index in [1.54, 1.807) is 24.3 Å². The van der Waals surface area contributed by atoms with Gasteiger partial charge in [-0.15, -0.1) is 0 Å². The average molecular weight is 263 g/mol. The fourth-order valence-electron chi connectivity index (χ4n) is 1.60. The monoisotopic (exact) mass is 263 g/mol. The lowest BCUT2D eigenvalue weighted by atomic mass is 10.1. The number of anilines is 2. The molecule has 0 saturated carbocycles. The molecule has 0 spiro atoms. The van der Waals surface area contributed by atoms with Gasteiger partial charge < -0.3 is 10.4 Å². The molecular formula is C14H11F2NO2. The number of carbonyl (C=O) groups is 1. The second-order valence-electron chi connectivity index (χ2n) is 4.11. The van der Waals surface area contributed by atoms with E-state index in [1.165, 1.54) is 0 Å². The van der Waals surface area contributed by atoms with Crippen LogP contribution in [0.5, 0.6) is 0 Å². The Morgan fingerprint density at radius 2 is 1.63 bits per heavy atom. The average Bonchev–Trinajstić information content (AvgIpc) is 2.35. The van der Waals surface area contributed by atoms with Crippen LogP contribution in [0.25, 0.3) is 0 Å². The van der Waals surface area contributed by atoms with E-state index in [0.717, 1.165) is 17.7 Å². The molecule has 2 aromatic rings. The Balaban J connectivity index is 2.35. The maximum atomic E-state index is 13.7. The number of hydrogen-bond acceptors (Lipinski definition) is 2. The van der Waals surface area contributed by atoms with E-state index in [0.29, 0.717) is 5.69 Å². The normalized spacial score (nSPS) is 10.3. The molecule has 0 aliphatic carbocycles. The van der Waals surface area contributed by atoms with Gasteiger partial charge >= 0.3 is 5.97 Å². The third-order valence-corrected chi connectivity index (χ3v) is 2.61. The lowest BCUT2D eigenvalue weighted by Gasteiger charge is -2.09. The van der Waals surface area contributed by atoms with Gasteiger partial charge in [-0.05, 0) is 31.2 Å². The maximum Gasteiger partial charge on any atom is 0.335 e. The molecule has 0 aliphatic heterocycles. The molecule has 0 saturated heterocycles. The zero-order chi connectivity index (χ0) is 14.0. The van der Waals surface area contributed by atoms with Crippen molar-refractivity contribution in [1.82, 2.24) is 0 Å². The van der Waals surface area contributed by atoms with Crippen molar-refractivity contribution in [3.63, 3.8) is 0 Å². The zero-order valence-corrected chi connectivity index (χ0v) is 10.1. The maximum absolute atomic E-state index is 13.7. The summed E-state index contributed by atoms with van der Waals surface area (Å²) in [5.41, 5.74) is 0.748. The summed E-state index contributed by atoms with van der Waals surface area (Å²) in [6.45, 7) is 1.90. The van der Waals surface area contributed by atoms with Crippen LogP contribution in [0, 0.1) is 18.6 Å². The molecule has 98 valence electrons. The van der Waals surface area contributed by atoms with Gasteiger partial charge in [0.15, 0.2) is 11.6 Å². The van der Waals surface area contributed by atoms with Crippen molar-refractivity contribution in [2.45, 2.75) is 6.92 Å².